The Morgan fingerprint density at radius 1 is 1.03 bits per heavy atom. The lowest BCUT2D eigenvalue weighted by Gasteiger charge is -2.30. The van der Waals surface area contributed by atoms with E-state index in [1.807, 2.05) is 14.1 Å². The Labute approximate surface area is 197 Å². The van der Waals surface area contributed by atoms with Gasteiger partial charge < -0.3 is 21.3 Å². The van der Waals surface area contributed by atoms with Crippen LogP contribution in [-0.2, 0) is 15.8 Å². The number of nitrogens with zero attached hydrogens (tertiary/aromatic N) is 3. The summed E-state index contributed by atoms with van der Waals surface area (Å²) in [6.45, 7) is 1.99. The zero-order chi connectivity index (χ0) is 23.9. The highest BCUT2D eigenvalue weighted by molar-refractivity contribution is 7.88. The second-order valence-corrected chi connectivity index (χ2v) is 10.5. The minimum Gasteiger partial charge on any atom is -0.382 e. The van der Waals surface area contributed by atoms with Gasteiger partial charge in [-0.3, -0.25) is 4.79 Å². The van der Waals surface area contributed by atoms with E-state index in [-0.39, 0.29) is 28.2 Å². The number of carbonyl (C=O) groups excluding carboxylic acids is 1. The molecule has 0 saturated carbocycles. The maximum Gasteiger partial charge on any atom is 0.273 e. The number of carbonyl (C=O) groups is 1. The fourth-order valence-corrected chi connectivity index (χ4v) is 4.30. The number of sulfonamides is 1. The molecule has 0 saturated heterocycles. The summed E-state index contributed by atoms with van der Waals surface area (Å²) in [4.78, 5) is 19.9. The number of hydrogen-bond acceptors (Lipinski definition) is 7. The van der Waals surface area contributed by atoms with Crippen molar-refractivity contribution in [2.75, 3.05) is 51.7 Å². The first-order valence-electron chi connectivity index (χ1n) is 9.79. The monoisotopic (exact) mass is 504 g/mol. The molecule has 0 radical (unpaired) electrons. The maximum atomic E-state index is 12.3. The molecule has 2 rings (SSSR count). The Morgan fingerprint density at radius 3 is 2.34 bits per heavy atom. The topological polar surface area (TPSA) is 153 Å². The summed E-state index contributed by atoms with van der Waals surface area (Å²) in [5.74, 6) is -0.728. The van der Waals surface area contributed by atoms with Gasteiger partial charge >= 0.3 is 0 Å². The Balaban J connectivity index is 1.73. The van der Waals surface area contributed by atoms with Crippen molar-refractivity contribution in [3.05, 3.63) is 45.7 Å². The van der Waals surface area contributed by atoms with Gasteiger partial charge in [0.15, 0.2) is 22.5 Å². The first-order valence-corrected chi connectivity index (χ1v) is 12.2. The highest BCUT2D eigenvalue weighted by Crippen LogP contribution is 2.17. The van der Waals surface area contributed by atoms with Crippen molar-refractivity contribution in [2.45, 2.75) is 12.2 Å². The number of nitrogens with one attached hydrogen (secondary N) is 2. The second kappa shape index (κ2) is 11.1. The molecule has 6 N–H and O–H groups in total. The van der Waals surface area contributed by atoms with E-state index in [4.69, 9.17) is 34.7 Å². The van der Waals surface area contributed by atoms with Crippen LogP contribution in [0.2, 0.25) is 10.2 Å². The quantitative estimate of drug-likeness (QED) is 0.265. The molecular formula is C19H28Cl2N7O3S+. The molecule has 1 heterocycles. The molecule has 1 amide bonds. The number of aromatic nitrogens is 2. The van der Waals surface area contributed by atoms with Crippen LogP contribution in [0.3, 0.4) is 0 Å². The van der Waals surface area contributed by atoms with Crippen molar-refractivity contribution in [1.29, 1.82) is 0 Å². The molecule has 32 heavy (non-hydrogen) atoms. The molecule has 1 aromatic carbocycles. The van der Waals surface area contributed by atoms with E-state index in [1.165, 1.54) is 0 Å². The van der Waals surface area contributed by atoms with Gasteiger partial charge in [-0.25, -0.2) is 23.1 Å². The van der Waals surface area contributed by atoms with Crippen molar-refractivity contribution in [3.8, 4) is 0 Å². The van der Waals surface area contributed by atoms with Crippen LogP contribution in [0, 0.1) is 0 Å². The van der Waals surface area contributed by atoms with Crippen molar-refractivity contribution in [2.24, 2.45) is 0 Å². The molecule has 13 heteroatoms. The number of rotatable bonds is 11. The van der Waals surface area contributed by atoms with Gasteiger partial charge in [0.25, 0.3) is 5.91 Å². The second-order valence-electron chi connectivity index (χ2n) is 7.91. The van der Waals surface area contributed by atoms with E-state index in [9.17, 15) is 13.2 Å². The number of nitrogens with two attached hydrogens (primary N) is 2. The number of anilines is 2. The van der Waals surface area contributed by atoms with Gasteiger partial charge in [0.05, 0.1) is 39.5 Å². The number of quaternary nitrogens is 1. The number of hydrogen-bond donors (Lipinski definition) is 4. The zero-order valence-corrected chi connectivity index (χ0v) is 20.3. The van der Waals surface area contributed by atoms with Gasteiger partial charge in [-0.2, -0.15) is 0 Å². The van der Waals surface area contributed by atoms with Gasteiger partial charge in [-0.1, -0.05) is 35.3 Å². The predicted octanol–water partition coefficient (Wildman–Crippen LogP) is 1.26. The average molecular weight is 505 g/mol. The van der Waals surface area contributed by atoms with Crippen molar-refractivity contribution < 1.29 is 17.7 Å². The summed E-state index contributed by atoms with van der Waals surface area (Å²) in [5.41, 5.74) is 11.8. The average Bonchev–Trinajstić information content (AvgIpc) is 2.69. The zero-order valence-electron chi connectivity index (χ0n) is 17.9. The van der Waals surface area contributed by atoms with Crippen molar-refractivity contribution >= 4 is 50.8 Å². The molecule has 176 valence electrons. The molecule has 0 unspecified atom stereocenters. The standard InChI is InChI=1S/C19H27Cl2N7O3S/c1-28(2,11-9-24-19(29)15-17(22)27-18(23)16(21)26-15)10-3-8-25-32(30,31)12-13-4-6-14(20)7-5-13/h4-7,25H,3,8-12H2,1-2H3,(H4-,22,23,24,27,29)/p+1. The summed E-state index contributed by atoms with van der Waals surface area (Å²) in [5, 5.41) is 3.21. The van der Waals surface area contributed by atoms with E-state index in [0.29, 0.717) is 47.7 Å². The van der Waals surface area contributed by atoms with E-state index in [2.05, 4.69) is 20.0 Å². The number of benzene rings is 1. The van der Waals surface area contributed by atoms with E-state index in [1.54, 1.807) is 24.3 Å². The Kier molecular flexibility index (Phi) is 9.05. The Hall–Kier alpha value is -2.18. The molecule has 0 aliphatic carbocycles. The molecular weight excluding hydrogens is 477 g/mol. The summed E-state index contributed by atoms with van der Waals surface area (Å²) < 4.78 is 27.6. The van der Waals surface area contributed by atoms with Gasteiger partial charge in [0.1, 0.15) is 0 Å². The fraction of sp³-hybridized carbons (Fsp3) is 0.421. The number of nitrogen functional groups attached to an aromatic ring is 2. The lowest BCUT2D eigenvalue weighted by Crippen LogP contribution is -2.46. The summed E-state index contributed by atoms with van der Waals surface area (Å²) in [7, 11) is 0.541. The lowest BCUT2D eigenvalue weighted by molar-refractivity contribution is -0.889. The molecule has 0 spiro atoms. The van der Waals surface area contributed by atoms with E-state index in [0.717, 1.165) is 0 Å². The molecule has 0 bridgehead atoms. The third-order valence-electron chi connectivity index (χ3n) is 4.65. The first-order chi connectivity index (χ1) is 14.9. The van der Waals surface area contributed by atoms with Crippen molar-refractivity contribution in [3.63, 3.8) is 0 Å². The lowest BCUT2D eigenvalue weighted by atomic mass is 10.2. The maximum absolute atomic E-state index is 12.3. The van der Waals surface area contributed by atoms with E-state index < -0.39 is 15.9 Å². The first kappa shape index (κ1) is 26.1. The molecule has 1 aromatic heterocycles. The molecule has 0 aliphatic heterocycles. The van der Waals surface area contributed by atoms with Crippen molar-refractivity contribution in [1.82, 2.24) is 20.0 Å². The third kappa shape index (κ3) is 8.40. The Morgan fingerprint density at radius 2 is 1.69 bits per heavy atom. The number of amides is 1. The van der Waals surface area contributed by atoms with Crippen LogP contribution in [-0.4, -0.2) is 69.1 Å². The predicted molar refractivity (Wildman–Crippen MR) is 127 cm³/mol. The number of halogens is 2. The normalized spacial score (nSPS) is 12.0. The number of likely N-dealkylation sites (N-methyl/N-ethyl adjacent to an activating group) is 1. The van der Waals surface area contributed by atoms with Gasteiger partial charge in [-0.15, -0.1) is 0 Å². The fourth-order valence-electron chi connectivity index (χ4n) is 2.86. The highest BCUT2D eigenvalue weighted by Gasteiger charge is 2.19. The van der Waals surface area contributed by atoms with Crippen LogP contribution in [0.25, 0.3) is 0 Å². The molecule has 2 aromatic rings. The van der Waals surface area contributed by atoms with Crippen LogP contribution in [0.1, 0.15) is 22.5 Å². The van der Waals surface area contributed by atoms with Crippen LogP contribution >= 0.6 is 23.2 Å². The summed E-state index contributed by atoms with van der Waals surface area (Å²) >= 11 is 11.6. The molecule has 10 nitrogen and oxygen atoms in total. The van der Waals surface area contributed by atoms with Crippen LogP contribution in [0.5, 0.6) is 0 Å². The van der Waals surface area contributed by atoms with Gasteiger partial charge in [0.2, 0.25) is 10.0 Å². The molecule has 0 atom stereocenters. The summed E-state index contributed by atoms with van der Waals surface area (Å²) in [6.07, 6.45) is 0.632. The van der Waals surface area contributed by atoms with E-state index >= 15 is 0 Å². The highest BCUT2D eigenvalue weighted by atomic mass is 35.5. The van der Waals surface area contributed by atoms with Crippen LogP contribution in [0.15, 0.2) is 24.3 Å². The SMILES string of the molecule is C[N+](C)(CCCNS(=O)(=O)Cc1ccc(Cl)cc1)CCNC(=O)c1nc(Cl)c(N)nc1N. The third-order valence-corrected chi connectivity index (χ3v) is 6.54. The smallest absolute Gasteiger partial charge is 0.273 e. The van der Waals surface area contributed by atoms with Crippen LogP contribution in [0.4, 0.5) is 11.6 Å². The molecule has 0 aliphatic rings. The summed E-state index contributed by atoms with van der Waals surface area (Å²) in [6, 6.07) is 6.70. The Bertz CT molecular complexity index is 1050. The van der Waals surface area contributed by atoms with Gasteiger partial charge in [-0.05, 0) is 17.7 Å². The largest absolute Gasteiger partial charge is 0.382 e. The van der Waals surface area contributed by atoms with Gasteiger partial charge in [0, 0.05) is 18.0 Å². The minimum absolute atomic E-state index is 0.0395. The van der Waals surface area contributed by atoms with Crippen LogP contribution < -0.4 is 21.5 Å². The minimum atomic E-state index is -3.44. The molecule has 0 fully saturated rings.